The average molecular weight is 289 g/mol. The molecule has 106 valence electrons. The molecular formula is C17H21ClN2. The van der Waals surface area contributed by atoms with E-state index in [4.69, 9.17) is 11.6 Å². The minimum atomic E-state index is 0.127. The van der Waals surface area contributed by atoms with Crippen LogP contribution in [0.5, 0.6) is 0 Å². The molecule has 1 unspecified atom stereocenters. The number of nitrogens with zero attached hydrogens (tertiary/aromatic N) is 2. The van der Waals surface area contributed by atoms with Gasteiger partial charge in [-0.15, -0.1) is 11.6 Å². The summed E-state index contributed by atoms with van der Waals surface area (Å²) in [5.41, 5.74) is 3.08. The van der Waals surface area contributed by atoms with Crippen molar-refractivity contribution in [3.8, 4) is 0 Å². The Morgan fingerprint density at radius 3 is 2.95 bits per heavy atom. The van der Waals surface area contributed by atoms with Crippen LogP contribution in [0.3, 0.4) is 0 Å². The van der Waals surface area contributed by atoms with E-state index in [1.807, 2.05) is 12.4 Å². The molecule has 2 aromatic rings. The first-order valence-corrected chi connectivity index (χ1v) is 7.89. The van der Waals surface area contributed by atoms with E-state index >= 15 is 0 Å². The quantitative estimate of drug-likeness (QED) is 0.781. The molecule has 1 aliphatic carbocycles. The Balaban J connectivity index is 1.87. The summed E-state index contributed by atoms with van der Waals surface area (Å²) in [6.07, 6.45) is 9.58. The highest BCUT2D eigenvalue weighted by Crippen LogP contribution is 2.41. The summed E-state index contributed by atoms with van der Waals surface area (Å²) >= 11 is 6.42. The Labute approximate surface area is 125 Å². The van der Waals surface area contributed by atoms with Gasteiger partial charge in [0, 0.05) is 37.2 Å². The summed E-state index contributed by atoms with van der Waals surface area (Å²) in [6, 6.07) is 8.82. The molecule has 0 amide bonds. The first-order valence-electron chi connectivity index (χ1n) is 7.36. The van der Waals surface area contributed by atoms with Crippen LogP contribution in [0.25, 0.3) is 0 Å². The van der Waals surface area contributed by atoms with Crippen molar-refractivity contribution in [3.05, 3.63) is 53.6 Å². The van der Waals surface area contributed by atoms with Gasteiger partial charge in [0.25, 0.3) is 0 Å². The first-order chi connectivity index (χ1) is 9.75. The summed E-state index contributed by atoms with van der Waals surface area (Å²) in [5, 5.41) is 0. The molecule has 0 radical (unpaired) electrons. The van der Waals surface area contributed by atoms with Crippen molar-refractivity contribution in [2.24, 2.45) is 7.05 Å². The minimum Gasteiger partial charge on any atom is -0.338 e. The van der Waals surface area contributed by atoms with Crippen LogP contribution in [0.15, 0.2) is 36.7 Å². The molecule has 0 N–H and O–H groups in total. The number of hydrogen-bond donors (Lipinski definition) is 0. The van der Waals surface area contributed by atoms with Crippen molar-refractivity contribution < 1.29 is 0 Å². The number of benzene rings is 1. The maximum atomic E-state index is 6.42. The van der Waals surface area contributed by atoms with Crippen LogP contribution in [-0.4, -0.2) is 15.4 Å². The molecule has 0 aliphatic heterocycles. The highest BCUT2D eigenvalue weighted by molar-refractivity contribution is 6.18. The molecule has 0 saturated carbocycles. The fourth-order valence-electron chi connectivity index (χ4n) is 3.46. The van der Waals surface area contributed by atoms with Crippen molar-refractivity contribution in [3.63, 3.8) is 0 Å². The first kappa shape index (κ1) is 13.7. The van der Waals surface area contributed by atoms with Gasteiger partial charge in [0.1, 0.15) is 5.82 Å². The molecule has 1 atom stereocenters. The fourth-order valence-corrected chi connectivity index (χ4v) is 3.87. The molecule has 0 bridgehead atoms. The molecular weight excluding hydrogens is 268 g/mol. The third kappa shape index (κ3) is 2.37. The number of fused-ring (bicyclic) bond motifs is 1. The van der Waals surface area contributed by atoms with Gasteiger partial charge >= 0.3 is 0 Å². The standard InChI is InChI=1S/C17H21ClN2/c1-20-12-11-19-16(20)8-10-17(13-18)9-4-6-14-5-2-3-7-15(14)17/h2-3,5,7,11-12H,4,6,8-10,13H2,1H3. The summed E-state index contributed by atoms with van der Waals surface area (Å²) in [7, 11) is 2.06. The van der Waals surface area contributed by atoms with Crippen molar-refractivity contribution in [1.82, 2.24) is 9.55 Å². The van der Waals surface area contributed by atoms with Gasteiger partial charge in [-0.05, 0) is 36.8 Å². The molecule has 0 fully saturated rings. The number of hydrogen-bond acceptors (Lipinski definition) is 1. The van der Waals surface area contributed by atoms with Crippen LogP contribution in [-0.2, 0) is 25.3 Å². The van der Waals surface area contributed by atoms with Crippen molar-refractivity contribution in [2.45, 2.75) is 37.5 Å². The summed E-state index contributed by atoms with van der Waals surface area (Å²) < 4.78 is 2.11. The molecule has 3 rings (SSSR count). The van der Waals surface area contributed by atoms with Gasteiger partial charge in [-0.1, -0.05) is 24.3 Å². The number of alkyl halides is 1. The second kappa shape index (κ2) is 5.61. The van der Waals surface area contributed by atoms with Gasteiger partial charge in [-0.25, -0.2) is 4.98 Å². The second-order valence-corrected chi connectivity index (χ2v) is 6.15. The number of aryl methyl sites for hydroxylation is 3. The largest absolute Gasteiger partial charge is 0.338 e. The van der Waals surface area contributed by atoms with Crippen LogP contribution >= 0.6 is 11.6 Å². The fraction of sp³-hybridized carbons (Fsp3) is 0.471. The molecule has 0 saturated heterocycles. The topological polar surface area (TPSA) is 17.8 Å². The van der Waals surface area contributed by atoms with E-state index in [2.05, 4.69) is 40.9 Å². The predicted molar refractivity (Wildman–Crippen MR) is 83.3 cm³/mol. The van der Waals surface area contributed by atoms with Gasteiger partial charge in [0.05, 0.1) is 0 Å². The van der Waals surface area contributed by atoms with Gasteiger partial charge in [0.2, 0.25) is 0 Å². The number of aromatic nitrogens is 2. The lowest BCUT2D eigenvalue weighted by Gasteiger charge is -2.38. The Hall–Kier alpha value is -1.28. The number of rotatable bonds is 4. The Bertz CT molecular complexity index is 590. The van der Waals surface area contributed by atoms with Crippen LogP contribution in [0.2, 0.25) is 0 Å². The van der Waals surface area contributed by atoms with Gasteiger partial charge in [0.15, 0.2) is 0 Å². The third-order valence-corrected chi connectivity index (χ3v) is 5.21. The molecule has 1 aromatic carbocycles. The van der Waals surface area contributed by atoms with Crippen LogP contribution in [0.4, 0.5) is 0 Å². The SMILES string of the molecule is Cn1ccnc1CCC1(CCl)CCCc2ccccc21. The zero-order chi connectivity index (χ0) is 14.0. The van der Waals surface area contributed by atoms with Crippen molar-refractivity contribution in [2.75, 3.05) is 5.88 Å². The predicted octanol–water partition coefficient (Wildman–Crippen LogP) is 3.87. The van der Waals surface area contributed by atoms with E-state index in [-0.39, 0.29) is 5.41 Å². The van der Waals surface area contributed by atoms with E-state index < -0.39 is 0 Å². The van der Waals surface area contributed by atoms with E-state index in [1.54, 1.807) is 0 Å². The smallest absolute Gasteiger partial charge is 0.108 e. The zero-order valence-corrected chi connectivity index (χ0v) is 12.7. The lowest BCUT2D eigenvalue weighted by Crippen LogP contribution is -2.33. The highest BCUT2D eigenvalue weighted by atomic mass is 35.5. The van der Waals surface area contributed by atoms with Gasteiger partial charge < -0.3 is 4.57 Å². The summed E-state index contributed by atoms with van der Waals surface area (Å²) in [4.78, 5) is 4.44. The molecule has 2 nitrogen and oxygen atoms in total. The molecule has 3 heteroatoms. The Morgan fingerprint density at radius 1 is 1.35 bits per heavy atom. The van der Waals surface area contributed by atoms with Crippen molar-refractivity contribution >= 4 is 11.6 Å². The molecule has 1 aliphatic rings. The maximum absolute atomic E-state index is 6.42. The monoisotopic (exact) mass is 288 g/mol. The van der Waals surface area contributed by atoms with Crippen LogP contribution in [0, 0.1) is 0 Å². The molecule has 0 spiro atoms. The maximum Gasteiger partial charge on any atom is 0.108 e. The van der Waals surface area contributed by atoms with Crippen LogP contribution < -0.4 is 0 Å². The van der Waals surface area contributed by atoms with Gasteiger partial charge in [-0.2, -0.15) is 0 Å². The number of halogens is 1. The van der Waals surface area contributed by atoms with Gasteiger partial charge in [-0.3, -0.25) is 0 Å². The van der Waals surface area contributed by atoms with E-state index in [0.717, 1.165) is 18.7 Å². The third-order valence-electron chi connectivity index (χ3n) is 4.69. The average Bonchev–Trinajstić information content (AvgIpc) is 2.90. The van der Waals surface area contributed by atoms with Crippen molar-refractivity contribution in [1.29, 1.82) is 0 Å². The zero-order valence-electron chi connectivity index (χ0n) is 12.0. The Kier molecular flexibility index (Phi) is 3.84. The minimum absolute atomic E-state index is 0.127. The van der Waals surface area contributed by atoms with E-state index in [1.165, 1.54) is 30.4 Å². The normalized spacial score (nSPS) is 21.7. The molecule has 20 heavy (non-hydrogen) atoms. The Morgan fingerprint density at radius 2 is 2.20 bits per heavy atom. The highest BCUT2D eigenvalue weighted by Gasteiger charge is 2.35. The second-order valence-electron chi connectivity index (χ2n) is 5.88. The lowest BCUT2D eigenvalue weighted by molar-refractivity contribution is 0.368. The van der Waals surface area contributed by atoms with Crippen LogP contribution in [0.1, 0.15) is 36.2 Å². The van der Waals surface area contributed by atoms with E-state index in [9.17, 15) is 0 Å². The van der Waals surface area contributed by atoms with E-state index in [0.29, 0.717) is 5.88 Å². The molecule has 1 aromatic heterocycles. The number of imidazole rings is 1. The summed E-state index contributed by atoms with van der Waals surface area (Å²) in [6.45, 7) is 0. The summed E-state index contributed by atoms with van der Waals surface area (Å²) in [5.74, 6) is 1.85. The lowest BCUT2D eigenvalue weighted by atomic mass is 9.68. The molecule has 1 heterocycles.